The quantitative estimate of drug-likeness (QED) is 0.575. The number of carbonyl (C=O) groups is 1. The Balaban J connectivity index is 1.77. The molecule has 5 heteroatoms. The van der Waals surface area contributed by atoms with Crippen LogP contribution in [0.25, 0.3) is 0 Å². The summed E-state index contributed by atoms with van der Waals surface area (Å²) in [7, 11) is 0. The summed E-state index contributed by atoms with van der Waals surface area (Å²) < 4.78 is 12.4. The van der Waals surface area contributed by atoms with Crippen molar-refractivity contribution < 1.29 is 19.4 Å². The molecule has 0 aromatic carbocycles. The number of esters is 1. The summed E-state index contributed by atoms with van der Waals surface area (Å²) in [5.74, 6) is 0.553. The molecule has 5 aliphatic rings. The van der Waals surface area contributed by atoms with Crippen LogP contribution < -0.4 is 0 Å². The summed E-state index contributed by atoms with van der Waals surface area (Å²) in [6.07, 6.45) is 0.826. The highest BCUT2D eigenvalue weighted by Crippen LogP contribution is 2.86. The Labute approximate surface area is 132 Å². The topological polar surface area (TPSA) is 55.8 Å². The summed E-state index contributed by atoms with van der Waals surface area (Å²) in [6.45, 7) is 6.43. The molecule has 6 unspecified atom stereocenters. The minimum absolute atomic E-state index is 0.00963. The lowest BCUT2D eigenvalue weighted by atomic mass is 9.52. The van der Waals surface area contributed by atoms with E-state index in [9.17, 15) is 9.90 Å². The number of aliphatic hydroxyl groups excluding tert-OH is 1. The minimum atomic E-state index is -0.633. The molecule has 5 rings (SSSR count). The highest BCUT2D eigenvalue weighted by atomic mass is 79.9. The third kappa shape index (κ3) is 0.970. The van der Waals surface area contributed by atoms with E-state index in [1.54, 1.807) is 0 Å². The Hall–Kier alpha value is -0.130. The molecule has 2 bridgehead atoms. The fourth-order valence-electron chi connectivity index (χ4n) is 7.04. The molecule has 9 atom stereocenters. The SMILES string of the molecule is CC1C2C(O)C3OC(=O)[C@]45C[C@@H]4CC1(O[C@]2(C)CBr)C35C. The molecular weight excluding hydrogens is 336 g/mol. The molecule has 0 aromatic rings. The van der Waals surface area contributed by atoms with Crippen molar-refractivity contribution in [1.29, 1.82) is 0 Å². The van der Waals surface area contributed by atoms with Gasteiger partial charge in [0, 0.05) is 11.2 Å². The van der Waals surface area contributed by atoms with E-state index >= 15 is 0 Å². The number of carbonyl (C=O) groups excluding carboxylic acids is 1. The molecule has 1 N–H and O–H groups in total. The van der Waals surface area contributed by atoms with Crippen molar-refractivity contribution in [2.75, 3.05) is 5.33 Å². The Morgan fingerprint density at radius 2 is 2.10 bits per heavy atom. The Kier molecular flexibility index (Phi) is 2.04. The maximum atomic E-state index is 12.5. The predicted octanol–water partition coefficient (Wildman–Crippen LogP) is 1.88. The summed E-state index contributed by atoms with van der Waals surface area (Å²) in [6, 6.07) is 0. The number of aliphatic hydroxyl groups is 1. The van der Waals surface area contributed by atoms with Gasteiger partial charge in [0.25, 0.3) is 0 Å². The van der Waals surface area contributed by atoms with Gasteiger partial charge in [-0.15, -0.1) is 0 Å². The maximum absolute atomic E-state index is 12.5. The van der Waals surface area contributed by atoms with Crippen molar-refractivity contribution in [2.45, 2.75) is 57.0 Å². The van der Waals surface area contributed by atoms with Crippen molar-refractivity contribution in [3.8, 4) is 0 Å². The van der Waals surface area contributed by atoms with Crippen LogP contribution in [0.4, 0.5) is 0 Å². The van der Waals surface area contributed by atoms with E-state index in [0.29, 0.717) is 11.2 Å². The fourth-order valence-corrected chi connectivity index (χ4v) is 7.53. The third-order valence-electron chi connectivity index (χ3n) is 7.97. The second kappa shape index (κ2) is 3.22. The third-order valence-corrected chi connectivity index (χ3v) is 9.08. The normalized spacial score (nSPS) is 69.6. The maximum Gasteiger partial charge on any atom is 0.313 e. The second-order valence-corrected chi connectivity index (χ2v) is 8.91. The largest absolute Gasteiger partial charge is 0.458 e. The molecule has 21 heavy (non-hydrogen) atoms. The first-order valence-electron chi connectivity index (χ1n) is 7.94. The van der Waals surface area contributed by atoms with Gasteiger partial charge in [-0.3, -0.25) is 4.79 Å². The van der Waals surface area contributed by atoms with Gasteiger partial charge in [-0.2, -0.15) is 0 Å². The average molecular weight is 357 g/mol. The number of rotatable bonds is 1. The van der Waals surface area contributed by atoms with E-state index in [0.717, 1.165) is 12.8 Å². The van der Waals surface area contributed by atoms with E-state index < -0.39 is 17.8 Å². The zero-order chi connectivity index (χ0) is 15.0. The molecule has 2 spiro atoms. The van der Waals surface area contributed by atoms with E-state index in [-0.39, 0.29) is 34.2 Å². The van der Waals surface area contributed by atoms with Crippen molar-refractivity contribution in [3.63, 3.8) is 0 Å². The zero-order valence-electron chi connectivity index (χ0n) is 12.6. The molecule has 0 radical (unpaired) electrons. The first kappa shape index (κ1) is 13.3. The number of halogens is 1. The highest BCUT2D eigenvalue weighted by molar-refractivity contribution is 9.09. The van der Waals surface area contributed by atoms with Gasteiger partial charge in [-0.25, -0.2) is 0 Å². The molecule has 2 heterocycles. The highest BCUT2D eigenvalue weighted by Gasteiger charge is 2.93. The van der Waals surface area contributed by atoms with Crippen LogP contribution in [0.5, 0.6) is 0 Å². The van der Waals surface area contributed by atoms with Crippen molar-refractivity contribution in [3.05, 3.63) is 0 Å². The summed E-state index contributed by atoms with van der Waals surface area (Å²) in [5, 5.41) is 11.7. The lowest BCUT2D eigenvalue weighted by Gasteiger charge is -2.52. The molecule has 2 saturated heterocycles. The number of alkyl halides is 1. The van der Waals surface area contributed by atoms with Crippen LogP contribution in [0.3, 0.4) is 0 Å². The number of hydrogen-bond acceptors (Lipinski definition) is 4. The molecule has 3 aliphatic carbocycles. The molecule has 2 aliphatic heterocycles. The first-order valence-corrected chi connectivity index (χ1v) is 9.06. The summed E-state index contributed by atoms with van der Waals surface area (Å²) in [4.78, 5) is 12.5. The van der Waals surface area contributed by atoms with Crippen LogP contribution in [0, 0.1) is 28.6 Å². The predicted molar refractivity (Wildman–Crippen MR) is 77.8 cm³/mol. The Morgan fingerprint density at radius 3 is 2.76 bits per heavy atom. The Bertz CT molecular complexity index is 581. The van der Waals surface area contributed by atoms with Crippen molar-refractivity contribution in [1.82, 2.24) is 0 Å². The smallest absolute Gasteiger partial charge is 0.313 e. The van der Waals surface area contributed by atoms with Crippen LogP contribution in [0.2, 0.25) is 0 Å². The van der Waals surface area contributed by atoms with Crippen LogP contribution in [-0.2, 0) is 14.3 Å². The Morgan fingerprint density at radius 1 is 1.38 bits per heavy atom. The zero-order valence-corrected chi connectivity index (χ0v) is 14.1. The lowest BCUT2D eigenvalue weighted by molar-refractivity contribution is -0.191. The lowest BCUT2D eigenvalue weighted by Crippen LogP contribution is -2.63. The molecule has 116 valence electrons. The summed E-state index contributed by atoms with van der Waals surface area (Å²) >= 11 is 3.58. The van der Waals surface area contributed by atoms with Gasteiger partial charge in [0.2, 0.25) is 0 Å². The minimum Gasteiger partial charge on any atom is -0.458 e. The molecule has 4 nitrogen and oxygen atoms in total. The van der Waals surface area contributed by atoms with E-state index in [1.165, 1.54) is 0 Å². The average Bonchev–Trinajstić information content (AvgIpc) is 2.98. The van der Waals surface area contributed by atoms with Gasteiger partial charge in [0.05, 0.1) is 28.1 Å². The van der Waals surface area contributed by atoms with Gasteiger partial charge >= 0.3 is 5.97 Å². The number of fused-ring (bicyclic) bond motifs is 1. The van der Waals surface area contributed by atoms with Gasteiger partial charge in [-0.1, -0.05) is 29.8 Å². The molecule has 3 saturated carbocycles. The molecule has 5 fully saturated rings. The van der Waals surface area contributed by atoms with Gasteiger partial charge < -0.3 is 14.6 Å². The first-order chi connectivity index (χ1) is 9.78. The van der Waals surface area contributed by atoms with Gasteiger partial charge in [0.1, 0.15) is 6.10 Å². The summed E-state index contributed by atoms with van der Waals surface area (Å²) in [5.41, 5.74) is -1.47. The molecular formula is C16H21BrO4. The van der Waals surface area contributed by atoms with Crippen molar-refractivity contribution >= 4 is 21.9 Å². The number of ether oxygens (including phenoxy) is 2. The number of hydrogen-bond donors (Lipinski definition) is 1. The van der Waals surface area contributed by atoms with Crippen LogP contribution in [-0.4, -0.2) is 39.8 Å². The van der Waals surface area contributed by atoms with Crippen LogP contribution in [0.1, 0.15) is 33.6 Å². The van der Waals surface area contributed by atoms with Gasteiger partial charge in [-0.05, 0) is 31.6 Å². The fraction of sp³-hybridized carbons (Fsp3) is 0.938. The second-order valence-electron chi connectivity index (χ2n) is 8.35. The van der Waals surface area contributed by atoms with Crippen LogP contribution >= 0.6 is 15.9 Å². The van der Waals surface area contributed by atoms with E-state index in [4.69, 9.17) is 9.47 Å². The molecule has 0 aromatic heterocycles. The van der Waals surface area contributed by atoms with Crippen molar-refractivity contribution in [2.24, 2.45) is 28.6 Å². The molecule has 0 amide bonds. The van der Waals surface area contributed by atoms with Gasteiger partial charge in [0.15, 0.2) is 0 Å². The standard InChI is InChI=1S/C16H21BrO4/c1-7-9-10(18)11-14(3)15(12(19)20-11)4-8(15)5-16(7,14)21-13(9,2)6-17/h7-11,18H,4-6H2,1-3H3/t7?,8-,9?,10?,11?,13-,14?,15+,16?/m1/s1. The van der Waals surface area contributed by atoms with Crippen LogP contribution in [0.15, 0.2) is 0 Å². The monoisotopic (exact) mass is 356 g/mol. The van der Waals surface area contributed by atoms with E-state index in [1.807, 2.05) is 0 Å². The van der Waals surface area contributed by atoms with E-state index in [2.05, 4.69) is 36.7 Å².